The molecular weight excluding hydrogens is 288 g/mol. The maximum Gasteiger partial charge on any atom is 0.300 e. The molecule has 0 unspecified atom stereocenters. The zero-order valence-corrected chi connectivity index (χ0v) is 10.4. The van der Waals surface area contributed by atoms with E-state index < -0.39 is 16.5 Å². The van der Waals surface area contributed by atoms with Gasteiger partial charge in [-0.3, -0.25) is 20.0 Å². The lowest BCUT2D eigenvalue weighted by molar-refractivity contribution is -0.385. The number of halogens is 1. The Morgan fingerprint density at radius 2 is 2.30 bits per heavy atom. The molecule has 2 rings (SSSR count). The molecule has 0 spiro atoms. The number of hydrogen-bond acceptors (Lipinski definition) is 6. The van der Waals surface area contributed by atoms with Crippen molar-refractivity contribution < 1.29 is 9.72 Å². The fourth-order valence-electron chi connectivity index (χ4n) is 1.40. The number of hydrogen-bond donors (Lipinski definition) is 2. The first-order valence-corrected chi connectivity index (χ1v) is 5.45. The van der Waals surface area contributed by atoms with E-state index in [2.05, 4.69) is 20.5 Å². The molecule has 2 N–H and O–H groups in total. The molecule has 2 aromatic rings. The lowest BCUT2D eigenvalue weighted by Crippen LogP contribution is -2.15. The van der Waals surface area contributed by atoms with Gasteiger partial charge in [0.25, 0.3) is 11.6 Å². The summed E-state index contributed by atoms with van der Waals surface area (Å²) >= 11 is 5.62. The first-order valence-electron chi connectivity index (χ1n) is 5.07. The van der Waals surface area contributed by atoms with Crippen LogP contribution in [0.2, 0.25) is 5.15 Å². The van der Waals surface area contributed by atoms with E-state index in [1.165, 1.54) is 6.20 Å². The molecule has 9 nitrogen and oxygen atoms in total. The molecule has 0 atom stereocenters. The van der Waals surface area contributed by atoms with Crippen molar-refractivity contribution in [3.05, 3.63) is 44.9 Å². The Bertz CT molecular complexity index is 735. The SMILES string of the molecule is N#Cc1cn[nH]c1NC(=O)c1cc(Cl)ncc1[N+](=O)[O-]. The van der Waals surface area contributed by atoms with Gasteiger partial charge in [-0.25, -0.2) is 4.98 Å². The van der Waals surface area contributed by atoms with Crippen LogP contribution in [-0.4, -0.2) is 26.0 Å². The Morgan fingerprint density at radius 3 is 2.95 bits per heavy atom. The molecule has 0 aliphatic carbocycles. The van der Waals surface area contributed by atoms with E-state index in [4.69, 9.17) is 16.9 Å². The summed E-state index contributed by atoms with van der Waals surface area (Å²) in [6, 6.07) is 2.87. The van der Waals surface area contributed by atoms with E-state index in [1.54, 1.807) is 6.07 Å². The molecule has 2 aromatic heterocycles. The van der Waals surface area contributed by atoms with Crippen LogP contribution in [-0.2, 0) is 0 Å². The largest absolute Gasteiger partial charge is 0.306 e. The van der Waals surface area contributed by atoms with Crippen LogP contribution in [0, 0.1) is 21.4 Å². The molecule has 0 aliphatic heterocycles. The van der Waals surface area contributed by atoms with Crippen molar-refractivity contribution in [2.45, 2.75) is 0 Å². The molecule has 0 fully saturated rings. The molecule has 2 heterocycles. The number of anilines is 1. The van der Waals surface area contributed by atoms with Crippen LogP contribution in [0.25, 0.3) is 0 Å². The van der Waals surface area contributed by atoms with Gasteiger partial charge < -0.3 is 5.32 Å². The van der Waals surface area contributed by atoms with Crippen LogP contribution in [0.3, 0.4) is 0 Å². The second-order valence-electron chi connectivity index (χ2n) is 3.51. The fraction of sp³-hybridized carbons (Fsp3) is 0. The molecule has 0 aromatic carbocycles. The Kier molecular flexibility index (Phi) is 3.58. The Hall–Kier alpha value is -2.99. The van der Waals surface area contributed by atoms with Crippen LogP contribution in [0.4, 0.5) is 11.5 Å². The highest BCUT2D eigenvalue weighted by Gasteiger charge is 2.22. The van der Waals surface area contributed by atoms with Gasteiger partial charge >= 0.3 is 0 Å². The van der Waals surface area contributed by atoms with Gasteiger partial charge in [-0.1, -0.05) is 11.6 Å². The van der Waals surface area contributed by atoms with E-state index in [0.29, 0.717) is 0 Å². The molecule has 1 amide bonds. The normalized spacial score (nSPS) is 9.80. The fourth-order valence-corrected chi connectivity index (χ4v) is 1.55. The van der Waals surface area contributed by atoms with Crippen LogP contribution in [0.15, 0.2) is 18.5 Å². The van der Waals surface area contributed by atoms with Gasteiger partial charge in [0.15, 0.2) is 0 Å². The van der Waals surface area contributed by atoms with Gasteiger partial charge in [0.2, 0.25) is 0 Å². The summed E-state index contributed by atoms with van der Waals surface area (Å²) in [6.07, 6.45) is 2.10. The van der Waals surface area contributed by atoms with Crippen molar-refractivity contribution in [2.75, 3.05) is 5.32 Å². The van der Waals surface area contributed by atoms with E-state index in [9.17, 15) is 14.9 Å². The minimum atomic E-state index is -0.804. The van der Waals surface area contributed by atoms with Crippen LogP contribution in [0.1, 0.15) is 15.9 Å². The summed E-state index contributed by atoms with van der Waals surface area (Å²) < 4.78 is 0. The molecular formula is C10H5ClN6O3. The summed E-state index contributed by atoms with van der Waals surface area (Å²) in [5, 5.41) is 27.8. The number of nitriles is 1. The lowest BCUT2D eigenvalue weighted by Gasteiger charge is -2.04. The Labute approximate surface area is 116 Å². The second kappa shape index (κ2) is 5.33. The van der Waals surface area contributed by atoms with Gasteiger partial charge in [0.1, 0.15) is 34.4 Å². The number of nitrogens with one attached hydrogen (secondary N) is 2. The first kappa shape index (κ1) is 13.4. The van der Waals surface area contributed by atoms with E-state index >= 15 is 0 Å². The van der Waals surface area contributed by atoms with Crippen LogP contribution in [0.5, 0.6) is 0 Å². The molecule has 100 valence electrons. The monoisotopic (exact) mass is 292 g/mol. The number of pyridine rings is 1. The molecule has 0 saturated heterocycles. The number of aromatic amines is 1. The van der Waals surface area contributed by atoms with Crippen LogP contribution >= 0.6 is 11.6 Å². The second-order valence-corrected chi connectivity index (χ2v) is 3.89. The summed E-state index contributed by atoms with van der Waals surface area (Å²) in [5.41, 5.74) is -0.667. The first-order chi connectivity index (χ1) is 9.52. The Balaban J connectivity index is 2.37. The predicted octanol–water partition coefficient (Wildman–Crippen LogP) is 1.49. The van der Waals surface area contributed by atoms with Gasteiger partial charge in [0.05, 0.1) is 11.1 Å². The third-order valence-electron chi connectivity index (χ3n) is 2.29. The number of H-pyrrole nitrogens is 1. The number of nitro groups is 1. The van der Waals surface area contributed by atoms with Crippen molar-refractivity contribution in [2.24, 2.45) is 0 Å². The summed E-state index contributed by atoms with van der Waals surface area (Å²) in [5.74, 6) is -0.763. The zero-order valence-electron chi connectivity index (χ0n) is 9.62. The van der Waals surface area contributed by atoms with Crippen molar-refractivity contribution in [3.63, 3.8) is 0 Å². The molecule has 10 heteroatoms. The van der Waals surface area contributed by atoms with Crippen molar-refractivity contribution in [1.82, 2.24) is 15.2 Å². The number of amides is 1. The summed E-state index contributed by atoms with van der Waals surface area (Å²) in [4.78, 5) is 25.6. The third-order valence-corrected chi connectivity index (χ3v) is 2.50. The van der Waals surface area contributed by atoms with Crippen molar-refractivity contribution >= 4 is 29.0 Å². The third kappa shape index (κ3) is 2.55. The topological polar surface area (TPSA) is 138 Å². The highest BCUT2D eigenvalue weighted by atomic mass is 35.5. The lowest BCUT2D eigenvalue weighted by atomic mass is 10.2. The molecule has 0 saturated carbocycles. The highest BCUT2D eigenvalue weighted by Crippen LogP contribution is 2.22. The Morgan fingerprint density at radius 1 is 1.55 bits per heavy atom. The smallest absolute Gasteiger partial charge is 0.300 e. The molecule has 0 bridgehead atoms. The minimum absolute atomic E-state index is 0.0414. The number of carbonyl (C=O) groups is 1. The van der Waals surface area contributed by atoms with Crippen LogP contribution < -0.4 is 5.32 Å². The van der Waals surface area contributed by atoms with E-state index in [1.807, 2.05) is 0 Å². The maximum atomic E-state index is 12.0. The van der Waals surface area contributed by atoms with E-state index in [-0.39, 0.29) is 22.1 Å². The van der Waals surface area contributed by atoms with Crippen molar-refractivity contribution in [1.29, 1.82) is 5.26 Å². The zero-order chi connectivity index (χ0) is 14.7. The standard InChI is InChI=1S/C10H5ClN6O3/c11-8-1-6(7(4-13-8)17(19)20)10(18)15-9-5(2-12)3-14-16-9/h1,3-4H,(H2,14,15,16,18). The number of nitrogens with zero attached hydrogens (tertiary/aromatic N) is 4. The highest BCUT2D eigenvalue weighted by molar-refractivity contribution is 6.30. The number of carbonyl (C=O) groups excluding carboxylic acids is 1. The van der Waals surface area contributed by atoms with E-state index in [0.717, 1.165) is 12.3 Å². The maximum absolute atomic E-state index is 12.0. The summed E-state index contributed by atoms with van der Waals surface area (Å²) in [7, 11) is 0. The van der Waals surface area contributed by atoms with Gasteiger partial charge in [0, 0.05) is 0 Å². The quantitative estimate of drug-likeness (QED) is 0.499. The predicted molar refractivity (Wildman–Crippen MR) is 67.2 cm³/mol. The van der Waals surface area contributed by atoms with Crippen molar-refractivity contribution in [3.8, 4) is 6.07 Å². The number of rotatable bonds is 3. The number of aromatic nitrogens is 3. The molecule has 20 heavy (non-hydrogen) atoms. The van der Waals surface area contributed by atoms with Gasteiger partial charge in [-0.05, 0) is 6.07 Å². The average Bonchev–Trinajstić information content (AvgIpc) is 2.85. The molecule has 0 radical (unpaired) electrons. The average molecular weight is 293 g/mol. The minimum Gasteiger partial charge on any atom is -0.306 e. The van der Waals surface area contributed by atoms with Gasteiger partial charge in [-0.15, -0.1) is 0 Å². The summed E-state index contributed by atoms with van der Waals surface area (Å²) in [6.45, 7) is 0. The van der Waals surface area contributed by atoms with Gasteiger partial charge in [-0.2, -0.15) is 10.4 Å². The molecule has 0 aliphatic rings.